The number of para-hydroxylation sites is 1. The van der Waals surface area contributed by atoms with Gasteiger partial charge in [-0.25, -0.2) is 0 Å². The first-order valence-corrected chi connectivity index (χ1v) is 6.61. The lowest BCUT2D eigenvalue weighted by Gasteiger charge is -2.24. The molecule has 1 aliphatic heterocycles. The Morgan fingerprint density at radius 3 is 3.00 bits per heavy atom. The monoisotopic (exact) mass is 264 g/mol. The van der Waals surface area contributed by atoms with E-state index in [0.29, 0.717) is 13.1 Å². The zero-order valence-electron chi connectivity index (χ0n) is 11.1. The third-order valence-electron chi connectivity index (χ3n) is 3.41. The minimum Gasteiger partial charge on any atom is -0.505 e. The van der Waals surface area contributed by atoms with Gasteiger partial charge in [-0.1, -0.05) is 6.07 Å². The number of likely N-dealkylation sites (N-methyl/N-ethyl adjacent to an activating group) is 1. The van der Waals surface area contributed by atoms with Crippen LogP contribution < -0.4 is 5.73 Å². The van der Waals surface area contributed by atoms with Gasteiger partial charge < -0.3 is 20.5 Å². The van der Waals surface area contributed by atoms with Gasteiger partial charge in [0.05, 0.1) is 17.4 Å². The van der Waals surface area contributed by atoms with Crippen molar-refractivity contribution in [3.63, 3.8) is 0 Å². The Balaban J connectivity index is 2.13. The molecule has 1 aromatic carbocycles. The number of nitrogens with zero attached hydrogens (tertiary/aromatic N) is 1. The molecule has 0 aliphatic carbocycles. The Kier molecular flexibility index (Phi) is 4.27. The number of amides is 1. The van der Waals surface area contributed by atoms with E-state index in [9.17, 15) is 9.90 Å². The van der Waals surface area contributed by atoms with Crippen molar-refractivity contribution in [2.45, 2.75) is 25.9 Å². The summed E-state index contributed by atoms with van der Waals surface area (Å²) < 4.78 is 5.54. The number of aromatic hydroxyl groups is 1. The fourth-order valence-corrected chi connectivity index (χ4v) is 2.29. The summed E-state index contributed by atoms with van der Waals surface area (Å²) in [7, 11) is 0. The molecule has 1 fully saturated rings. The van der Waals surface area contributed by atoms with Crippen LogP contribution in [-0.2, 0) is 4.74 Å². The van der Waals surface area contributed by atoms with E-state index in [1.807, 2.05) is 6.92 Å². The molecule has 1 amide bonds. The van der Waals surface area contributed by atoms with E-state index in [-0.39, 0.29) is 29.0 Å². The molecule has 1 saturated heterocycles. The van der Waals surface area contributed by atoms with Crippen LogP contribution in [0.2, 0.25) is 0 Å². The lowest BCUT2D eigenvalue weighted by molar-refractivity contribution is 0.0537. The summed E-state index contributed by atoms with van der Waals surface area (Å²) in [5, 5.41) is 9.87. The molecule has 1 aliphatic rings. The molecule has 1 unspecified atom stereocenters. The average molecular weight is 264 g/mol. The third kappa shape index (κ3) is 2.98. The highest BCUT2D eigenvalue weighted by Crippen LogP contribution is 2.26. The van der Waals surface area contributed by atoms with Gasteiger partial charge in [0.15, 0.2) is 5.75 Å². The summed E-state index contributed by atoms with van der Waals surface area (Å²) in [6.07, 6.45) is 2.12. The van der Waals surface area contributed by atoms with E-state index in [1.54, 1.807) is 23.1 Å². The van der Waals surface area contributed by atoms with Crippen molar-refractivity contribution in [2.75, 3.05) is 25.4 Å². The van der Waals surface area contributed by atoms with Gasteiger partial charge in [0.1, 0.15) is 0 Å². The van der Waals surface area contributed by atoms with Crippen LogP contribution >= 0.6 is 0 Å². The third-order valence-corrected chi connectivity index (χ3v) is 3.41. The summed E-state index contributed by atoms with van der Waals surface area (Å²) in [4.78, 5) is 14.1. The van der Waals surface area contributed by atoms with Crippen LogP contribution in [0.4, 0.5) is 5.69 Å². The number of phenolic OH excluding ortho intramolecular Hbond substituents is 1. The Morgan fingerprint density at radius 1 is 1.58 bits per heavy atom. The topological polar surface area (TPSA) is 75.8 Å². The Morgan fingerprint density at radius 2 is 2.37 bits per heavy atom. The van der Waals surface area contributed by atoms with Gasteiger partial charge in [-0.3, -0.25) is 4.79 Å². The number of carbonyl (C=O) groups excluding carboxylic acids is 1. The minimum absolute atomic E-state index is 0.104. The maximum Gasteiger partial charge on any atom is 0.257 e. The SMILES string of the molecule is CCN(CC1CCCO1)C(=O)c1cccc(N)c1O. The van der Waals surface area contributed by atoms with Gasteiger partial charge in [0, 0.05) is 19.7 Å². The number of ether oxygens (including phenoxy) is 1. The average Bonchev–Trinajstić information content (AvgIpc) is 2.91. The van der Waals surface area contributed by atoms with E-state index in [1.165, 1.54) is 0 Å². The molecule has 0 radical (unpaired) electrons. The smallest absolute Gasteiger partial charge is 0.257 e. The van der Waals surface area contributed by atoms with Crippen molar-refractivity contribution >= 4 is 11.6 Å². The molecule has 19 heavy (non-hydrogen) atoms. The van der Waals surface area contributed by atoms with Crippen LogP contribution in [0.5, 0.6) is 5.75 Å². The van der Waals surface area contributed by atoms with E-state index in [0.717, 1.165) is 19.4 Å². The number of rotatable bonds is 4. The summed E-state index contributed by atoms with van der Waals surface area (Å²) in [5.41, 5.74) is 6.09. The van der Waals surface area contributed by atoms with Gasteiger partial charge in [0.2, 0.25) is 0 Å². The number of benzene rings is 1. The molecule has 2 rings (SSSR count). The molecule has 5 nitrogen and oxygen atoms in total. The zero-order valence-corrected chi connectivity index (χ0v) is 11.1. The molecule has 0 spiro atoms. The van der Waals surface area contributed by atoms with Crippen molar-refractivity contribution in [1.82, 2.24) is 4.90 Å². The maximum absolute atomic E-state index is 12.4. The van der Waals surface area contributed by atoms with Gasteiger partial charge in [-0.05, 0) is 31.9 Å². The second-order valence-electron chi connectivity index (χ2n) is 4.72. The van der Waals surface area contributed by atoms with Crippen LogP contribution in [0.3, 0.4) is 0 Å². The van der Waals surface area contributed by atoms with Crippen molar-refractivity contribution in [3.8, 4) is 5.75 Å². The molecular formula is C14H20N2O3. The van der Waals surface area contributed by atoms with Crippen molar-refractivity contribution < 1.29 is 14.6 Å². The Bertz CT molecular complexity index is 456. The number of nitrogens with two attached hydrogens (primary N) is 1. The quantitative estimate of drug-likeness (QED) is 0.640. The molecule has 1 atom stereocenters. The van der Waals surface area contributed by atoms with E-state index >= 15 is 0 Å². The molecule has 0 saturated carbocycles. The first-order valence-electron chi connectivity index (χ1n) is 6.61. The second kappa shape index (κ2) is 5.93. The number of phenols is 1. The van der Waals surface area contributed by atoms with Gasteiger partial charge in [0.25, 0.3) is 5.91 Å². The first kappa shape index (κ1) is 13.7. The van der Waals surface area contributed by atoms with Gasteiger partial charge >= 0.3 is 0 Å². The highest BCUT2D eigenvalue weighted by atomic mass is 16.5. The summed E-state index contributed by atoms with van der Waals surface area (Å²) >= 11 is 0. The van der Waals surface area contributed by atoms with Crippen LogP contribution in [0, 0.1) is 0 Å². The fraction of sp³-hybridized carbons (Fsp3) is 0.500. The fourth-order valence-electron chi connectivity index (χ4n) is 2.29. The van der Waals surface area contributed by atoms with Crippen LogP contribution in [0.25, 0.3) is 0 Å². The molecular weight excluding hydrogens is 244 g/mol. The van der Waals surface area contributed by atoms with Crippen LogP contribution in [0.15, 0.2) is 18.2 Å². The Labute approximate surface area is 113 Å². The highest BCUT2D eigenvalue weighted by molar-refractivity contribution is 5.98. The standard InChI is InChI=1S/C14H20N2O3/c1-2-16(9-10-5-4-8-19-10)14(18)11-6-3-7-12(15)13(11)17/h3,6-7,10,17H,2,4-5,8-9,15H2,1H3. The minimum atomic E-state index is -0.206. The van der Waals surface area contributed by atoms with E-state index in [4.69, 9.17) is 10.5 Å². The Hall–Kier alpha value is -1.75. The number of hydrogen-bond acceptors (Lipinski definition) is 4. The number of hydrogen-bond donors (Lipinski definition) is 2. The second-order valence-corrected chi connectivity index (χ2v) is 4.72. The molecule has 1 aromatic rings. The first-order chi connectivity index (χ1) is 9.13. The normalized spacial score (nSPS) is 18.5. The molecule has 5 heteroatoms. The van der Waals surface area contributed by atoms with Crippen LogP contribution in [-0.4, -0.2) is 41.7 Å². The van der Waals surface area contributed by atoms with E-state index < -0.39 is 0 Å². The van der Waals surface area contributed by atoms with Crippen molar-refractivity contribution in [2.24, 2.45) is 0 Å². The molecule has 0 aromatic heterocycles. The van der Waals surface area contributed by atoms with Crippen molar-refractivity contribution in [1.29, 1.82) is 0 Å². The molecule has 1 heterocycles. The lowest BCUT2D eigenvalue weighted by Crippen LogP contribution is -2.37. The maximum atomic E-state index is 12.4. The summed E-state index contributed by atoms with van der Waals surface area (Å²) in [6.45, 7) is 3.81. The molecule has 104 valence electrons. The molecule has 0 bridgehead atoms. The highest BCUT2D eigenvalue weighted by Gasteiger charge is 2.24. The number of anilines is 1. The predicted molar refractivity (Wildman–Crippen MR) is 73.1 cm³/mol. The van der Waals surface area contributed by atoms with Gasteiger partial charge in [-0.2, -0.15) is 0 Å². The molecule has 3 N–H and O–H groups in total. The number of carbonyl (C=O) groups is 1. The van der Waals surface area contributed by atoms with Crippen LogP contribution in [0.1, 0.15) is 30.1 Å². The number of nitrogen functional groups attached to an aromatic ring is 1. The largest absolute Gasteiger partial charge is 0.505 e. The van der Waals surface area contributed by atoms with Gasteiger partial charge in [-0.15, -0.1) is 0 Å². The lowest BCUT2D eigenvalue weighted by atomic mass is 10.1. The summed E-state index contributed by atoms with van der Waals surface area (Å²) in [5.74, 6) is -0.346. The summed E-state index contributed by atoms with van der Waals surface area (Å²) in [6, 6.07) is 4.83. The zero-order chi connectivity index (χ0) is 13.8. The van der Waals surface area contributed by atoms with E-state index in [2.05, 4.69) is 0 Å². The van der Waals surface area contributed by atoms with Crippen molar-refractivity contribution in [3.05, 3.63) is 23.8 Å². The predicted octanol–water partition coefficient (Wildman–Crippen LogP) is 1.62.